The van der Waals surface area contributed by atoms with Crippen LogP contribution >= 0.6 is 0 Å². The van der Waals surface area contributed by atoms with Gasteiger partial charge in [-0.1, -0.05) is 127 Å². The largest absolute Gasteiger partial charge is 0.270 e. The molecule has 0 fully saturated rings. The van der Waals surface area contributed by atoms with Crippen molar-refractivity contribution in [3.8, 4) is 0 Å². The molecule has 0 spiro atoms. The van der Waals surface area contributed by atoms with Crippen LogP contribution in [0.15, 0.2) is 140 Å². The van der Waals surface area contributed by atoms with Gasteiger partial charge in [-0.2, -0.15) is 0 Å². The molecule has 0 bridgehead atoms. The predicted octanol–water partition coefficient (Wildman–Crippen LogP) is 7.14. The first-order valence-electron chi connectivity index (χ1n) is 11.9. The second kappa shape index (κ2) is 10.7. The first-order chi connectivity index (χ1) is 17.7. The van der Waals surface area contributed by atoms with Gasteiger partial charge < -0.3 is 0 Å². The molecule has 36 heavy (non-hydrogen) atoms. The number of carbonyl (C=O) groups excluding carboxylic acids is 2. The van der Waals surface area contributed by atoms with Crippen LogP contribution in [0.5, 0.6) is 0 Å². The van der Waals surface area contributed by atoms with Crippen molar-refractivity contribution in [1.82, 2.24) is 4.90 Å². The molecule has 0 heterocycles. The van der Waals surface area contributed by atoms with Crippen LogP contribution in [0.2, 0.25) is 0 Å². The van der Waals surface area contributed by atoms with Crippen molar-refractivity contribution >= 4 is 28.2 Å². The molecule has 174 valence electrons. The number of imide groups is 1. The lowest BCUT2D eigenvalue weighted by molar-refractivity contribution is -0.124. The fourth-order valence-electron chi connectivity index (χ4n) is 4.34. The summed E-state index contributed by atoms with van der Waals surface area (Å²) in [5.41, 5.74) is 3.98. The number of benzene rings is 5. The van der Waals surface area contributed by atoms with Gasteiger partial charge in [0.15, 0.2) is 0 Å². The molecule has 0 unspecified atom stereocenters. The van der Waals surface area contributed by atoms with Crippen molar-refractivity contribution in [2.75, 3.05) is 0 Å². The topological polar surface area (TPSA) is 37.4 Å². The Bertz CT molecular complexity index is 1480. The standard InChI is InChI=1S/C33H25NO2/c35-32(23-31(27-15-6-2-7-16-27)28-17-8-3-9-18-28)34(24-25-13-4-1-5-14-25)33(36)30-22-12-20-26-19-10-11-21-29(26)30/h1-23H,24H2. The number of fused-ring (bicyclic) bond motifs is 1. The molecule has 0 radical (unpaired) electrons. The summed E-state index contributed by atoms with van der Waals surface area (Å²) in [4.78, 5) is 29.2. The first-order valence-corrected chi connectivity index (χ1v) is 11.9. The lowest BCUT2D eigenvalue weighted by Crippen LogP contribution is -2.35. The molecule has 5 rings (SSSR count). The molecule has 5 aromatic carbocycles. The van der Waals surface area contributed by atoms with E-state index in [1.807, 2.05) is 127 Å². The summed E-state index contributed by atoms with van der Waals surface area (Å²) in [7, 11) is 0. The van der Waals surface area contributed by atoms with Gasteiger partial charge in [-0.05, 0) is 39.1 Å². The van der Waals surface area contributed by atoms with Crippen molar-refractivity contribution in [3.05, 3.63) is 162 Å². The molecule has 0 saturated heterocycles. The second-order valence-corrected chi connectivity index (χ2v) is 8.53. The predicted molar refractivity (Wildman–Crippen MR) is 145 cm³/mol. The van der Waals surface area contributed by atoms with Crippen LogP contribution < -0.4 is 0 Å². The van der Waals surface area contributed by atoms with Crippen molar-refractivity contribution in [2.45, 2.75) is 6.54 Å². The van der Waals surface area contributed by atoms with E-state index in [0.717, 1.165) is 33.0 Å². The van der Waals surface area contributed by atoms with E-state index in [0.29, 0.717) is 5.56 Å². The Kier molecular flexibility index (Phi) is 6.81. The average molecular weight is 468 g/mol. The van der Waals surface area contributed by atoms with Crippen LogP contribution in [0.3, 0.4) is 0 Å². The molecule has 0 atom stereocenters. The molecule has 2 amide bonds. The number of amides is 2. The quantitative estimate of drug-likeness (QED) is 0.249. The summed E-state index contributed by atoms with van der Waals surface area (Å²) in [6.45, 7) is 0.176. The second-order valence-electron chi connectivity index (χ2n) is 8.53. The minimum Gasteiger partial charge on any atom is -0.270 e. The highest BCUT2D eigenvalue weighted by Gasteiger charge is 2.24. The fraction of sp³-hybridized carbons (Fsp3) is 0.0303. The fourth-order valence-corrected chi connectivity index (χ4v) is 4.34. The molecule has 3 nitrogen and oxygen atoms in total. The van der Waals surface area contributed by atoms with E-state index >= 15 is 0 Å². The molecule has 0 aliphatic rings. The maximum absolute atomic E-state index is 13.9. The van der Waals surface area contributed by atoms with E-state index in [1.54, 1.807) is 12.1 Å². The molecule has 0 aliphatic carbocycles. The Balaban J connectivity index is 1.61. The molecular weight excluding hydrogens is 442 g/mol. The van der Waals surface area contributed by atoms with Crippen LogP contribution in [-0.2, 0) is 11.3 Å². The van der Waals surface area contributed by atoms with Gasteiger partial charge >= 0.3 is 0 Å². The Labute approximate surface area is 211 Å². The summed E-state index contributed by atoms with van der Waals surface area (Å²) in [6.07, 6.45) is 1.58. The van der Waals surface area contributed by atoms with E-state index in [9.17, 15) is 9.59 Å². The van der Waals surface area contributed by atoms with Gasteiger partial charge in [-0.3, -0.25) is 14.5 Å². The Hall–Kier alpha value is -4.76. The molecule has 0 N–H and O–H groups in total. The number of hydrogen-bond donors (Lipinski definition) is 0. The molecule has 0 aromatic heterocycles. The van der Waals surface area contributed by atoms with Crippen LogP contribution in [0.4, 0.5) is 0 Å². The van der Waals surface area contributed by atoms with Gasteiger partial charge in [0.05, 0.1) is 6.54 Å². The monoisotopic (exact) mass is 467 g/mol. The zero-order valence-corrected chi connectivity index (χ0v) is 19.7. The molecule has 0 aliphatic heterocycles. The van der Waals surface area contributed by atoms with E-state index in [2.05, 4.69) is 0 Å². The Morgan fingerprint density at radius 1 is 0.583 bits per heavy atom. The number of nitrogens with zero attached hydrogens (tertiary/aromatic N) is 1. The molecular formula is C33H25NO2. The minimum atomic E-state index is -0.362. The third-order valence-corrected chi connectivity index (χ3v) is 6.15. The number of carbonyl (C=O) groups is 2. The zero-order valence-electron chi connectivity index (χ0n) is 19.7. The highest BCUT2D eigenvalue weighted by molar-refractivity contribution is 6.15. The number of rotatable bonds is 6. The van der Waals surface area contributed by atoms with Gasteiger partial charge in [0.1, 0.15) is 0 Å². The Morgan fingerprint density at radius 3 is 1.75 bits per heavy atom. The van der Waals surface area contributed by atoms with Gasteiger partial charge in [0.25, 0.3) is 11.8 Å². The van der Waals surface area contributed by atoms with E-state index in [1.165, 1.54) is 4.90 Å². The van der Waals surface area contributed by atoms with Crippen LogP contribution in [-0.4, -0.2) is 16.7 Å². The lowest BCUT2D eigenvalue weighted by atomic mass is 9.97. The van der Waals surface area contributed by atoms with Gasteiger partial charge in [-0.15, -0.1) is 0 Å². The van der Waals surface area contributed by atoms with Crippen molar-refractivity contribution in [3.63, 3.8) is 0 Å². The minimum absolute atomic E-state index is 0.176. The van der Waals surface area contributed by atoms with E-state index in [4.69, 9.17) is 0 Å². The SMILES string of the molecule is O=C(C=C(c1ccccc1)c1ccccc1)N(Cc1ccccc1)C(=O)c1cccc2ccccc12. The van der Waals surface area contributed by atoms with Crippen LogP contribution in [0.25, 0.3) is 16.3 Å². The molecule has 3 heteroatoms. The molecule has 0 saturated carbocycles. The van der Waals surface area contributed by atoms with E-state index in [-0.39, 0.29) is 18.4 Å². The van der Waals surface area contributed by atoms with E-state index < -0.39 is 0 Å². The summed E-state index contributed by atoms with van der Waals surface area (Å²) >= 11 is 0. The summed E-state index contributed by atoms with van der Waals surface area (Å²) in [5.74, 6) is -0.683. The zero-order chi connectivity index (χ0) is 24.7. The van der Waals surface area contributed by atoms with Crippen molar-refractivity contribution in [2.24, 2.45) is 0 Å². The van der Waals surface area contributed by atoms with Crippen LogP contribution in [0, 0.1) is 0 Å². The van der Waals surface area contributed by atoms with Crippen LogP contribution in [0.1, 0.15) is 27.0 Å². The summed E-state index contributed by atoms with van der Waals surface area (Å²) < 4.78 is 0. The number of hydrogen-bond acceptors (Lipinski definition) is 2. The summed E-state index contributed by atoms with van der Waals surface area (Å²) in [6, 6.07) is 42.5. The van der Waals surface area contributed by atoms with Gasteiger partial charge in [0.2, 0.25) is 0 Å². The third kappa shape index (κ3) is 5.01. The summed E-state index contributed by atoms with van der Waals surface area (Å²) in [5, 5.41) is 1.78. The molecule has 5 aromatic rings. The van der Waals surface area contributed by atoms with Gasteiger partial charge in [0, 0.05) is 11.6 Å². The lowest BCUT2D eigenvalue weighted by Gasteiger charge is -2.21. The Morgan fingerprint density at radius 2 is 1.11 bits per heavy atom. The normalized spacial score (nSPS) is 10.6. The van der Waals surface area contributed by atoms with Gasteiger partial charge in [-0.25, -0.2) is 0 Å². The highest BCUT2D eigenvalue weighted by atomic mass is 16.2. The van der Waals surface area contributed by atoms with Crippen molar-refractivity contribution < 1.29 is 9.59 Å². The first kappa shape index (κ1) is 23.0. The maximum atomic E-state index is 13.9. The third-order valence-electron chi connectivity index (χ3n) is 6.15. The maximum Gasteiger partial charge on any atom is 0.261 e. The average Bonchev–Trinajstić information content (AvgIpc) is 2.95. The smallest absolute Gasteiger partial charge is 0.261 e. The highest BCUT2D eigenvalue weighted by Crippen LogP contribution is 2.25. The van der Waals surface area contributed by atoms with Crippen molar-refractivity contribution in [1.29, 1.82) is 0 Å².